The molecular weight excluding hydrogens is 474 g/mol. The second-order valence-corrected chi connectivity index (χ2v) is 9.88. The van der Waals surface area contributed by atoms with Crippen molar-refractivity contribution in [1.29, 1.82) is 0 Å². The van der Waals surface area contributed by atoms with Crippen LogP contribution in [0.25, 0.3) is 0 Å². The van der Waals surface area contributed by atoms with Crippen molar-refractivity contribution in [3.05, 3.63) is 124 Å². The first-order valence-corrected chi connectivity index (χ1v) is 13.3. The monoisotopic (exact) mass is 507 g/mol. The van der Waals surface area contributed by atoms with Crippen LogP contribution in [0.4, 0.5) is 0 Å². The quantitative estimate of drug-likeness (QED) is 0.349. The predicted molar refractivity (Wildman–Crippen MR) is 147 cm³/mol. The molecule has 2 aliphatic rings. The van der Waals surface area contributed by atoms with Crippen LogP contribution in [-0.4, -0.2) is 18.4 Å². The third-order valence-corrected chi connectivity index (χ3v) is 7.22. The molecular formula is C33H33NO4. The minimum absolute atomic E-state index is 0.0451. The first-order valence-electron chi connectivity index (χ1n) is 13.3. The molecule has 1 heterocycles. The largest absolute Gasteiger partial charge is 0.489 e. The van der Waals surface area contributed by atoms with Crippen LogP contribution in [0.3, 0.4) is 0 Å². The van der Waals surface area contributed by atoms with E-state index in [2.05, 4.69) is 17.4 Å². The molecule has 0 fully saturated rings. The summed E-state index contributed by atoms with van der Waals surface area (Å²) >= 11 is 0. The number of rotatable bonds is 8. The van der Waals surface area contributed by atoms with E-state index in [0.717, 1.165) is 28.8 Å². The van der Waals surface area contributed by atoms with Gasteiger partial charge in [0.2, 0.25) is 0 Å². The van der Waals surface area contributed by atoms with Gasteiger partial charge in [0.05, 0.1) is 18.1 Å². The van der Waals surface area contributed by atoms with Gasteiger partial charge in [-0.2, -0.15) is 0 Å². The summed E-state index contributed by atoms with van der Waals surface area (Å²) in [5, 5.41) is 3.43. The van der Waals surface area contributed by atoms with Gasteiger partial charge < -0.3 is 14.8 Å². The lowest BCUT2D eigenvalue weighted by Crippen LogP contribution is -2.36. The minimum Gasteiger partial charge on any atom is -0.489 e. The van der Waals surface area contributed by atoms with E-state index in [9.17, 15) is 9.59 Å². The molecule has 0 saturated heterocycles. The Morgan fingerprint density at radius 3 is 2.34 bits per heavy atom. The molecule has 1 N–H and O–H groups in total. The van der Waals surface area contributed by atoms with Crippen LogP contribution in [0.5, 0.6) is 5.75 Å². The van der Waals surface area contributed by atoms with E-state index in [4.69, 9.17) is 9.47 Å². The highest BCUT2D eigenvalue weighted by molar-refractivity contribution is 6.04. The van der Waals surface area contributed by atoms with Crippen LogP contribution >= 0.6 is 0 Å². The Morgan fingerprint density at radius 1 is 0.921 bits per heavy atom. The van der Waals surface area contributed by atoms with Gasteiger partial charge in [-0.15, -0.1) is 0 Å². The number of allylic oxidation sites excluding steroid dienone is 3. The third-order valence-electron chi connectivity index (χ3n) is 7.22. The Labute approximate surface area is 224 Å². The second kappa shape index (κ2) is 11.5. The molecule has 3 aromatic rings. The number of hydrogen-bond donors (Lipinski definition) is 1. The van der Waals surface area contributed by atoms with Gasteiger partial charge in [0.15, 0.2) is 5.78 Å². The molecule has 0 spiro atoms. The molecule has 0 saturated carbocycles. The summed E-state index contributed by atoms with van der Waals surface area (Å²) in [6, 6.07) is 27.8. The number of para-hydroxylation sites is 1. The van der Waals surface area contributed by atoms with Gasteiger partial charge in [0, 0.05) is 29.0 Å². The smallest absolute Gasteiger partial charge is 0.336 e. The lowest BCUT2D eigenvalue weighted by Gasteiger charge is -2.37. The molecule has 3 aromatic carbocycles. The summed E-state index contributed by atoms with van der Waals surface area (Å²) in [6.45, 7) is 4.57. The van der Waals surface area contributed by atoms with Crippen LogP contribution in [-0.2, 0) is 20.9 Å². The van der Waals surface area contributed by atoms with Crippen LogP contribution in [0, 0.1) is 0 Å². The summed E-state index contributed by atoms with van der Waals surface area (Å²) in [5.41, 5.74) is 5.69. The molecule has 2 atom stereocenters. The Balaban J connectivity index is 1.56. The first kappa shape index (κ1) is 25.5. The number of nitrogens with one attached hydrogen (secondary N) is 1. The normalized spacial score (nSPS) is 19.1. The zero-order valence-electron chi connectivity index (χ0n) is 21.9. The van der Waals surface area contributed by atoms with Gasteiger partial charge in [0.1, 0.15) is 12.4 Å². The fourth-order valence-corrected chi connectivity index (χ4v) is 5.44. The van der Waals surface area contributed by atoms with Gasteiger partial charge in [0.25, 0.3) is 0 Å². The SMILES string of the molecule is CCCOC(=O)C1=C(C)NC2=C(C(=O)C[C@H](c3ccccc3)C2)[C@@H]1c1ccccc1OCc1ccccc1. The number of ether oxygens (including phenoxy) is 2. The Kier molecular flexibility index (Phi) is 7.73. The van der Waals surface area contributed by atoms with E-state index in [1.165, 1.54) is 0 Å². The molecule has 1 aliphatic heterocycles. The highest BCUT2D eigenvalue weighted by Crippen LogP contribution is 2.47. The van der Waals surface area contributed by atoms with Crippen molar-refractivity contribution >= 4 is 11.8 Å². The second-order valence-electron chi connectivity index (χ2n) is 9.88. The average Bonchev–Trinajstić information content (AvgIpc) is 2.95. The zero-order chi connectivity index (χ0) is 26.5. The summed E-state index contributed by atoms with van der Waals surface area (Å²) in [7, 11) is 0. The van der Waals surface area contributed by atoms with Crippen molar-refractivity contribution in [3.63, 3.8) is 0 Å². The van der Waals surface area contributed by atoms with Gasteiger partial charge in [-0.05, 0) is 42.9 Å². The highest BCUT2D eigenvalue weighted by atomic mass is 16.5. The van der Waals surface area contributed by atoms with Crippen molar-refractivity contribution in [1.82, 2.24) is 5.32 Å². The van der Waals surface area contributed by atoms with E-state index >= 15 is 0 Å². The van der Waals surface area contributed by atoms with E-state index in [-0.39, 0.29) is 11.7 Å². The van der Waals surface area contributed by atoms with E-state index in [1.54, 1.807) is 0 Å². The maximum atomic E-state index is 13.9. The molecule has 194 valence electrons. The lowest BCUT2D eigenvalue weighted by atomic mass is 9.71. The van der Waals surface area contributed by atoms with Crippen LogP contribution in [0.15, 0.2) is 107 Å². The Bertz CT molecular complexity index is 1370. The van der Waals surface area contributed by atoms with Gasteiger partial charge in [-0.25, -0.2) is 4.79 Å². The van der Waals surface area contributed by atoms with E-state index < -0.39 is 11.9 Å². The molecule has 5 nitrogen and oxygen atoms in total. The van der Waals surface area contributed by atoms with Gasteiger partial charge in [-0.1, -0.05) is 85.8 Å². The molecule has 1 aliphatic carbocycles. The fraction of sp³-hybridized carbons (Fsp3) is 0.273. The third kappa shape index (κ3) is 5.28. The molecule has 0 amide bonds. The number of carbonyl (C=O) groups is 2. The molecule has 38 heavy (non-hydrogen) atoms. The van der Waals surface area contributed by atoms with Crippen molar-refractivity contribution < 1.29 is 19.1 Å². The summed E-state index contributed by atoms with van der Waals surface area (Å²) in [4.78, 5) is 27.3. The molecule has 5 rings (SSSR count). The minimum atomic E-state index is -0.563. The highest BCUT2D eigenvalue weighted by Gasteiger charge is 2.42. The van der Waals surface area contributed by atoms with E-state index in [1.807, 2.05) is 86.6 Å². The standard InChI is InChI=1S/C33H33NO4/c1-3-18-37-33(36)30-22(2)34-27-19-25(24-14-8-5-9-15-24)20-28(35)32(27)31(30)26-16-10-11-17-29(26)38-21-23-12-6-4-7-13-23/h4-17,25,31,34H,3,18-21H2,1-2H3/t25-,31-/m1/s1. The van der Waals surface area contributed by atoms with Crippen LogP contribution < -0.4 is 10.1 Å². The zero-order valence-corrected chi connectivity index (χ0v) is 21.9. The molecule has 0 aromatic heterocycles. The topological polar surface area (TPSA) is 64.6 Å². The Hall–Kier alpha value is -4.12. The summed E-state index contributed by atoms with van der Waals surface area (Å²) in [5.74, 6) is -0.178. The van der Waals surface area contributed by atoms with E-state index in [0.29, 0.717) is 48.6 Å². The molecule has 0 radical (unpaired) electrons. The van der Waals surface area contributed by atoms with Crippen LogP contribution in [0.2, 0.25) is 0 Å². The average molecular weight is 508 g/mol. The molecule has 0 bridgehead atoms. The first-order chi connectivity index (χ1) is 18.6. The van der Waals surface area contributed by atoms with Crippen LogP contribution in [0.1, 0.15) is 61.6 Å². The summed E-state index contributed by atoms with van der Waals surface area (Å²) < 4.78 is 11.9. The van der Waals surface area contributed by atoms with Gasteiger partial charge >= 0.3 is 5.97 Å². The van der Waals surface area contributed by atoms with Crippen molar-refractivity contribution in [2.75, 3.05) is 6.61 Å². The summed E-state index contributed by atoms with van der Waals surface area (Å²) in [6.07, 6.45) is 1.81. The number of Topliss-reactive ketones (excluding diaryl/α,β-unsaturated/α-hetero) is 1. The number of ketones is 1. The molecule has 0 unspecified atom stereocenters. The maximum Gasteiger partial charge on any atom is 0.336 e. The Morgan fingerprint density at radius 2 is 1.61 bits per heavy atom. The number of benzene rings is 3. The predicted octanol–water partition coefficient (Wildman–Crippen LogP) is 6.58. The van der Waals surface area contributed by atoms with Crippen molar-refractivity contribution in [2.24, 2.45) is 0 Å². The number of esters is 1. The lowest BCUT2D eigenvalue weighted by molar-refractivity contribution is -0.139. The number of hydrogen-bond acceptors (Lipinski definition) is 5. The maximum absolute atomic E-state index is 13.9. The van der Waals surface area contributed by atoms with Crippen molar-refractivity contribution in [3.8, 4) is 5.75 Å². The van der Waals surface area contributed by atoms with Crippen molar-refractivity contribution in [2.45, 2.75) is 51.6 Å². The number of carbonyl (C=O) groups excluding carboxylic acids is 2. The fourth-order valence-electron chi connectivity index (χ4n) is 5.44. The number of dihydropyridines is 1. The molecule has 5 heteroatoms. The van der Waals surface area contributed by atoms with Gasteiger partial charge in [-0.3, -0.25) is 4.79 Å².